The van der Waals surface area contributed by atoms with E-state index < -0.39 is 4.30 Å². The van der Waals surface area contributed by atoms with Gasteiger partial charge in [0.15, 0.2) is 4.30 Å². The molecule has 3 nitrogen and oxygen atoms in total. The Morgan fingerprint density at radius 2 is 1.38 bits per heavy atom. The number of rotatable bonds is 0. The van der Waals surface area contributed by atoms with Gasteiger partial charge in [0.05, 0.1) is 6.73 Å². The van der Waals surface area contributed by atoms with Crippen molar-refractivity contribution in [1.82, 2.24) is 0 Å². The molecule has 0 aliphatic carbocycles. The minimum absolute atomic E-state index is 0. The molecule has 0 atom stereocenters. The number of aliphatic hydroxyl groups is 1. The Labute approximate surface area is 62.6 Å². The fourth-order valence-electron chi connectivity index (χ4n) is 0. The van der Waals surface area contributed by atoms with Crippen LogP contribution in [0.1, 0.15) is 0 Å². The van der Waals surface area contributed by atoms with Crippen LogP contribution in [0.2, 0.25) is 0 Å². The monoisotopic (exact) mass is 183 g/mol. The first-order valence-corrected chi connectivity index (χ1v) is 2.69. The maximum Gasteiger partial charge on any atom is 0.180 e. The van der Waals surface area contributed by atoms with Gasteiger partial charge in [-0.1, -0.05) is 34.8 Å². The highest BCUT2D eigenvalue weighted by Gasteiger charge is 1.78. The van der Waals surface area contributed by atoms with E-state index in [1.54, 1.807) is 0 Å². The van der Waals surface area contributed by atoms with Gasteiger partial charge < -0.3 is 16.3 Å². The second-order valence-electron chi connectivity index (χ2n) is 0.430. The number of halogens is 3. The van der Waals surface area contributed by atoms with Gasteiger partial charge in [-0.2, -0.15) is 0 Å². The van der Waals surface area contributed by atoms with Crippen molar-refractivity contribution in [3.8, 4) is 0 Å². The van der Waals surface area contributed by atoms with E-state index in [0.717, 1.165) is 0 Å². The van der Waals surface area contributed by atoms with E-state index in [9.17, 15) is 0 Å². The van der Waals surface area contributed by atoms with Crippen molar-refractivity contribution < 1.29 is 10.6 Å². The van der Waals surface area contributed by atoms with Crippen LogP contribution in [0, 0.1) is 0 Å². The predicted molar refractivity (Wildman–Crippen MR) is 36.2 cm³/mol. The maximum absolute atomic E-state index is 7.35. The van der Waals surface area contributed by atoms with Gasteiger partial charge in [0.1, 0.15) is 0 Å². The summed E-state index contributed by atoms with van der Waals surface area (Å²) in [7, 11) is 0. The highest BCUT2D eigenvalue weighted by Crippen LogP contribution is 2.03. The SMILES string of the molecule is ClC(Cl)Cl.NCO.O. The summed E-state index contributed by atoms with van der Waals surface area (Å²) in [4.78, 5) is 0. The highest BCUT2D eigenvalue weighted by atomic mass is 35.6. The van der Waals surface area contributed by atoms with Crippen LogP contribution in [-0.2, 0) is 0 Å². The molecule has 0 heterocycles. The molecule has 5 N–H and O–H groups in total. The van der Waals surface area contributed by atoms with Crippen molar-refractivity contribution in [2.75, 3.05) is 6.73 Å². The minimum Gasteiger partial charge on any atom is -0.412 e. The Hall–Kier alpha value is 0.750. The maximum atomic E-state index is 7.35. The largest absolute Gasteiger partial charge is 0.412 e. The molecule has 0 fully saturated rings. The number of aliphatic hydroxyl groups excluding tert-OH is 1. The molecule has 0 saturated heterocycles. The molecule has 0 amide bonds. The van der Waals surface area contributed by atoms with Crippen LogP contribution >= 0.6 is 34.8 Å². The van der Waals surface area contributed by atoms with Gasteiger partial charge in [-0.25, -0.2) is 0 Å². The first kappa shape index (κ1) is 15.9. The molecule has 0 spiro atoms. The fraction of sp³-hybridized carbons (Fsp3) is 1.00. The molecule has 0 radical (unpaired) electrons. The molecule has 8 heavy (non-hydrogen) atoms. The summed E-state index contributed by atoms with van der Waals surface area (Å²) in [5.41, 5.74) is 4.40. The smallest absolute Gasteiger partial charge is 0.180 e. The highest BCUT2D eigenvalue weighted by molar-refractivity contribution is 6.63. The molecule has 0 saturated carbocycles. The second-order valence-corrected chi connectivity index (χ2v) is 2.41. The molecule has 0 unspecified atom stereocenters. The van der Waals surface area contributed by atoms with Crippen molar-refractivity contribution >= 4 is 34.8 Å². The van der Waals surface area contributed by atoms with Gasteiger partial charge in [0, 0.05) is 0 Å². The van der Waals surface area contributed by atoms with Crippen molar-refractivity contribution in [2.45, 2.75) is 4.30 Å². The first-order chi connectivity index (χ1) is 3.15. The van der Waals surface area contributed by atoms with Gasteiger partial charge in [-0.05, 0) is 0 Å². The Balaban J connectivity index is -0.0000000575. The van der Waals surface area contributed by atoms with E-state index in [2.05, 4.69) is 5.73 Å². The molecule has 0 aliphatic heterocycles. The van der Waals surface area contributed by atoms with Gasteiger partial charge in [0.25, 0.3) is 0 Å². The number of alkyl halides is 3. The lowest BCUT2D eigenvalue weighted by Gasteiger charge is -1.69. The number of hydrogen-bond donors (Lipinski definition) is 2. The lowest BCUT2D eigenvalue weighted by molar-refractivity contribution is 0.307. The van der Waals surface area contributed by atoms with E-state index in [1.807, 2.05) is 0 Å². The fourth-order valence-corrected chi connectivity index (χ4v) is 0. The van der Waals surface area contributed by atoms with E-state index in [0.29, 0.717) is 0 Å². The van der Waals surface area contributed by atoms with E-state index in [4.69, 9.17) is 39.9 Å². The molecule has 54 valence electrons. The molecular formula is C2H8Cl3NO2. The van der Waals surface area contributed by atoms with E-state index >= 15 is 0 Å². The molecule has 0 aliphatic rings. The van der Waals surface area contributed by atoms with Gasteiger partial charge in [-0.3, -0.25) is 0 Å². The summed E-state index contributed by atoms with van der Waals surface area (Å²) in [6.45, 7) is -0.250. The molecule has 0 bridgehead atoms. The zero-order valence-corrected chi connectivity index (χ0v) is 6.21. The Kier molecular flexibility index (Phi) is 31.1. The molecular weight excluding hydrogens is 176 g/mol. The zero-order chi connectivity index (χ0) is 6.28. The predicted octanol–water partition coefficient (Wildman–Crippen LogP) is 0.0566. The Morgan fingerprint density at radius 3 is 1.38 bits per heavy atom. The minimum atomic E-state index is -0.750. The van der Waals surface area contributed by atoms with Crippen LogP contribution in [0.5, 0.6) is 0 Å². The quantitative estimate of drug-likeness (QED) is 0.412. The average Bonchev–Trinajstić information content (AvgIpc) is 1.33. The summed E-state index contributed by atoms with van der Waals surface area (Å²) in [6.07, 6.45) is 0. The molecule has 0 aromatic heterocycles. The van der Waals surface area contributed by atoms with Crippen LogP contribution in [0.15, 0.2) is 0 Å². The lowest BCUT2D eigenvalue weighted by Crippen LogP contribution is -1.92. The molecule has 6 heteroatoms. The third kappa shape index (κ3) is 397. The topological polar surface area (TPSA) is 77.8 Å². The summed E-state index contributed by atoms with van der Waals surface area (Å²) in [6, 6.07) is 0. The summed E-state index contributed by atoms with van der Waals surface area (Å²) in [5.74, 6) is 0. The number of nitrogens with two attached hydrogens (primary N) is 1. The van der Waals surface area contributed by atoms with E-state index in [-0.39, 0.29) is 12.2 Å². The summed E-state index contributed by atoms with van der Waals surface area (Å²) < 4.78 is -0.750. The third-order valence-corrected chi connectivity index (χ3v) is 0. The van der Waals surface area contributed by atoms with Crippen molar-refractivity contribution in [2.24, 2.45) is 5.73 Å². The molecule has 0 rings (SSSR count). The van der Waals surface area contributed by atoms with Gasteiger partial charge in [-0.15, -0.1) is 0 Å². The average molecular weight is 184 g/mol. The Morgan fingerprint density at radius 1 is 1.38 bits per heavy atom. The van der Waals surface area contributed by atoms with Crippen molar-refractivity contribution in [3.63, 3.8) is 0 Å². The van der Waals surface area contributed by atoms with Crippen LogP contribution in [0.25, 0.3) is 0 Å². The third-order valence-electron chi connectivity index (χ3n) is 0. The summed E-state index contributed by atoms with van der Waals surface area (Å²) in [5, 5.41) is 7.35. The lowest BCUT2D eigenvalue weighted by atomic mass is 11.4. The molecule has 0 aromatic carbocycles. The molecule has 0 aromatic rings. The number of hydrogen-bond acceptors (Lipinski definition) is 2. The van der Waals surface area contributed by atoms with Gasteiger partial charge in [0.2, 0.25) is 0 Å². The zero-order valence-electron chi connectivity index (χ0n) is 3.94. The second kappa shape index (κ2) is 15.7. The normalized spacial score (nSPS) is 6.75. The first-order valence-electron chi connectivity index (χ1n) is 1.38. The Bertz CT molecular complexity index is 26.5. The summed E-state index contributed by atoms with van der Waals surface area (Å²) >= 11 is 14.4. The van der Waals surface area contributed by atoms with Crippen LogP contribution in [-0.4, -0.2) is 21.6 Å². The van der Waals surface area contributed by atoms with Crippen LogP contribution in [0.4, 0.5) is 0 Å². The van der Waals surface area contributed by atoms with Crippen LogP contribution in [0.3, 0.4) is 0 Å². The van der Waals surface area contributed by atoms with Crippen molar-refractivity contribution in [1.29, 1.82) is 0 Å². The van der Waals surface area contributed by atoms with E-state index in [1.165, 1.54) is 0 Å². The van der Waals surface area contributed by atoms with Crippen LogP contribution < -0.4 is 5.73 Å². The van der Waals surface area contributed by atoms with Crippen molar-refractivity contribution in [3.05, 3.63) is 0 Å². The van der Waals surface area contributed by atoms with Gasteiger partial charge >= 0.3 is 0 Å². The standard InChI is InChI=1S/CHCl3.CH5NO.H2O/c2-1(3)4;2-1-3;/h1H;3H,1-2H2;1H2.